The van der Waals surface area contributed by atoms with Crippen LogP contribution >= 0.6 is 0 Å². The van der Waals surface area contributed by atoms with Crippen molar-refractivity contribution < 1.29 is 33.4 Å². The smallest absolute Gasteiger partial charge is 0.309 e. The molecule has 2 N–H and O–H groups in total. The third-order valence-corrected chi connectivity index (χ3v) is 9.14. The van der Waals surface area contributed by atoms with Crippen molar-refractivity contribution in [2.45, 2.75) is 51.5 Å². The number of hydrogen-bond donors (Lipinski definition) is 2. The van der Waals surface area contributed by atoms with Crippen LogP contribution in [0.2, 0.25) is 0 Å². The number of nitrogens with one attached hydrogen (secondary N) is 1. The van der Waals surface area contributed by atoms with Crippen LogP contribution in [0.15, 0.2) is 54.6 Å². The number of rotatable bonds is 9. The molecule has 0 spiro atoms. The number of carboxylic acid groups (broad SMARTS) is 1. The highest BCUT2D eigenvalue weighted by Crippen LogP contribution is 2.47. The van der Waals surface area contributed by atoms with E-state index in [0.29, 0.717) is 73.9 Å². The summed E-state index contributed by atoms with van der Waals surface area (Å²) < 4.78 is 25.7. The van der Waals surface area contributed by atoms with Crippen LogP contribution in [0.1, 0.15) is 60.9 Å². The number of carboxylic acids is 1. The summed E-state index contributed by atoms with van der Waals surface area (Å²) in [6.45, 7) is 5.58. The number of likely N-dealkylation sites (tertiary alicyclic amines) is 1. The van der Waals surface area contributed by atoms with E-state index in [9.17, 15) is 23.9 Å². The monoisotopic (exact) mass is 615 g/mol. The number of benzene rings is 3. The maximum atomic E-state index is 14.2. The fraction of sp³-hybridized carbons (Fsp3) is 0.400. The lowest BCUT2D eigenvalue weighted by Gasteiger charge is -2.28. The van der Waals surface area contributed by atoms with Crippen molar-refractivity contribution in [1.29, 1.82) is 0 Å². The highest BCUT2D eigenvalue weighted by atomic mass is 19.1. The van der Waals surface area contributed by atoms with Gasteiger partial charge in [-0.2, -0.15) is 0 Å². The van der Waals surface area contributed by atoms with Crippen molar-refractivity contribution in [3.8, 4) is 11.5 Å². The van der Waals surface area contributed by atoms with Gasteiger partial charge in [-0.25, -0.2) is 4.39 Å². The van der Waals surface area contributed by atoms with E-state index >= 15 is 0 Å². The van der Waals surface area contributed by atoms with Crippen LogP contribution in [-0.2, 0) is 27.2 Å². The lowest BCUT2D eigenvalue weighted by molar-refractivity contribution is -0.143. The van der Waals surface area contributed by atoms with Crippen molar-refractivity contribution >= 4 is 29.2 Å². The van der Waals surface area contributed by atoms with E-state index in [4.69, 9.17) is 9.47 Å². The summed E-state index contributed by atoms with van der Waals surface area (Å²) in [7, 11) is 0. The Hall–Kier alpha value is -4.44. The van der Waals surface area contributed by atoms with Crippen molar-refractivity contribution in [2.24, 2.45) is 5.92 Å². The molecule has 1 unspecified atom stereocenters. The zero-order valence-corrected chi connectivity index (χ0v) is 25.6. The first-order chi connectivity index (χ1) is 21.8. The Balaban J connectivity index is 1.34. The minimum absolute atomic E-state index is 0.0639. The zero-order chi connectivity index (χ0) is 31.7. The second-order valence-electron chi connectivity index (χ2n) is 11.8. The number of anilines is 2. The summed E-state index contributed by atoms with van der Waals surface area (Å²) in [4.78, 5) is 42.7. The van der Waals surface area contributed by atoms with E-state index in [2.05, 4.69) is 5.32 Å². The van der Waals surface area contributed by atoms with Crippen LogP contribution in [0.4, 0.5) is 15.8 Å². The normalized spacial score (nSPS) is 21.3. The molecule has 3 aliphatic rings. The number of carbonyl (C=O) groups excluding carboxylic acids is 2. The van der Waals surface area contributed by atoms with Crippen LogP contribution in [-0.4, -0.2) is 60.6 Å². The molecule has 3 atom stereocenters. The van der Waals surface area contributed by atoms with E-state index in [-0.39, 0.29) is 24.2 Å². The maximum absolute atomic E-state index is 14.2. The summed E-state index contributed by atoms with van der Waals surface area (Å²) >= 11 is 0. The maximum Gasteiger partial charge on any atom is 0.309 e. The molecule has 9 nitrogen and oxygen atoms in total. The molecule has 0 radical (unpaired) electrons. The number of halogens is 1. The van der Waals surface area contributed by atoms with Gasteiger partial charge in [-0.15, -0.1) is 0 Å². The van der Waals surface area contributed by atoms with Crippen molar-refractivity contribution in [2.75, 3.05) is 43.1 Å². The number of ether oxygens (including phenoxy) is 2. The molecule has 236 valence electrons. The molecule has 2 saturated heterocycles. The zero-order valence-electron chi connectivity index (χ0n) is 25.6. The molecule has 0 bridgehead atoms. The van der Waals surface area contributed by atoms with Gasteiger partial charge in [0.25, 0.3) is 0 Å². The molecule has 6 rings (SSSR count). The molecule has 45 heavy (non-hydrogen) atoms. The minimum Gasteiger partial charge on any atom is -0.486 e. The molecule has 0 saturated carbocycles. The minimum atomic E-state index is -0.971. The highest BCUT2D eigenvalue weighted by Gasteiger charge is 2.48. The van der Waals surface area contributed by atoms with Gasteiger partial charge in [-0.05, 0) is 77.9 Å². The number of aryl methyl sites for hydroxylation is 2. The Kier molecular flexibility index (Phi) is 8.76. The van der Waals surface area contributed by atoms with E-state index in [1.165, 1.54) is 12.1 Å². The largest absolute Gasteiger partial charge is 0.486 e. The van der Waals surface area contributed by atoms with Crippen LogP contribution in [0.5, 0.6) is 11.5 Å². The molecular weight excluding hydrogens is 577 g/mol. The molecule has 2 fully saturated rings. The number of hydrogen-bond acceptors (Lipinski definition) is 6. The van der Waals surface area contributed by atoms with Gasteiger partial charge in [0.15, 0.2) is 11.5 Å². The van der Waals surface area contributed by atoms with Gasteiger partial charge >= 0.3 is 5.97 Å². The first kappa shape index (κ1) is 30.6. The molecular formula is C35H38FN3O6. The standard InChI is InChI=1S/C35H38FN3O6/c1-3-21-16-25(36)17-22(4-2)33(21)37-30(40)20-38-19-27(24-9-12-28-29(18-24)45-15-14-44-28)32(35(42)43)34(38)23-7-10-26(11-8-23)39-13-5-6-31(39)41/h7-12,16-18,27,32,34H,3-6,13-15,19-20H2,1-2H3,(H,37,40)(H,42,43)/t27-,32?,34+/m1/s1. The Labute approximate surface area is 261 Å². The summed E-state index contributed by atoms with van der Waals surface area (Å²) in [5.74, 6) is -1.67. The number of amides is 2. The third kappa shape index (κ3) is 6.11. The second kappa shape index (κ2) is 12.9. The number of carbonyl (C=O) groups is 3. The van der Waals surface area contributed by atoms with Gasteiger partial charge in [0.2, 0.25) is 11.8 Å². The summed E-state index contributed by atoms with van der Waals surface area (Å²) in [6, 6.07) is 15.2. The summed E-state index contributed by atoms with van der Waals surface area (Å²) in [6.07, 6.45) is 2.41. The number of aliphatic carboxylic acids is 1. The average molecular weight is 616 g/mol. The molecule has 0 aromatic heterocycles. The SMILES string of the molecule is CCc1cc(F)cc(CC)c1NC(=O)CN1C[C@H](c2ccc3c(c2)OCCO3)C(C(=O)O)[C@@H]1c1ccc(N2CCCC2=O)cc1. The quantitative estimate of drug-likeness (QED) is 0.335. The fourth-order valence-corrected chi connectivity index (χ4v) is 7.00. The lowest BCUT2D eigenvalue weighted by atomic mass is 9.82. The lowest BCUT2D eigenvalue weighted by Crippen LogP contribution is -2.35. The molecule has 0 aliphatic carbocycles. The highest BCUT2D eigenvalue weighted by molar-refractivity contribution is 5.95. The van der Waals surface area contributed by atoms with Crippen LogP contribution in [0.3, 0.4) is 0 Å². The molecule has 10 heteroatoms. The van der Waals surface area contributed by atoms with Gasteiger partial charge in [0, 0.05) is 42.8 Å². The molecule has 3 aliphatic heterocycles. The molecule has 3 heterocycles. The first-order valence-electron chi connectivity index (χ1n) is 15.6. The first-order valence-corrected chi connectivity index (χ1v) is 15.6. The fourth-order valence-electron chi connectivity index (χ4n) is 7.00. The van der Waals surface area contributed by atoms with Gasteiger partial charge in [-0.1, -0.05) is 32.0 Å². The Morgan fingerprint density at radius 3 is 2.24 bits per heavy atom. The predicted molar refractivity (Wildman–Crippen MR) is 167 cm³/mol. The van der Waals surface area contributed by atoms with Gasteiger partial charge in [0.05, 0.1) is 12.5 Å². The van der Waals surface area contributed by atoms with Crippen LogP contribution in [0, 0.1) is 11.7 Å². The van der Waals surface area contributed by atoms with Gasteiger partial charge in [0.1, 0.15) is 19.0 Å². The Morgan fingerprint density at radius 1 is 0.956 bits per heavy atom. The molecule has 3 aromatic carbocycles. The van der Waals surface area contributed by atoms with E-state index < -0.39 is 23.8 Å². The van der Waals surface area contributed by atoms with Crippen LogP contribution in [0.25, 0.3) is 0 Å². The average Bonchev–Trinajstić information content (AvgIpc) is 3.65. The topological polar surface area (TPSA) is 108 Å². The molecule has 2 amide bonds. The second-order valence-corrected chi connectivity index (χ2v) is 11.8. The van der Waals surface area contributed by atoms with Crippen molar-refractivity contribution in [3.63, 3.8) is 0 Å². The molecule has 3 aromatic rings. The van der Waals surface area contributed by atoms with Crippen molar-refractivity contribution in [1.82, 2.24) is 4.90 Å². The summed E-state index contributed by atoms with van der Waals surface area (Å²) in [5.41, 5.74) is 4.34. The number of fused-ring (bicyclic) bond motifs is 1. The van der Waals surface area contributed by atoms with E-state index in [1.54, 1.807) is 4.90 Å². The predicted octanol–water partition coefficient (Wildman–Crippen LogP) is 5.33. The number of nitrogens with zero attached hydrogens (tertiary/aromatic N) is 2. The Bertz CT molecular complexity index is 1580. The van der Waals surface area contributed by atoms with Gasteiger partial charge < -0.3 is 24.8 Å². The van der Waals surface area contributed by atoms with E-state index in [1.807, 2.05) is 61.2 Å². The third-order valence-electron chi connectivity index (χ3n) is 9.14. The van der Waals surface area contributed by atoms with Gasteiger partial charge in [-0.3, -0.25) is 19.3 Å². The summed E-state index contributed by atoms with van der Waals surface area (Å²) in [5, 5.41) is 13.7. The Morgan fingerprint density at radius 2 is 1.62 bits per heavy atom. The van der Waals surface area contributed by atoms with Crippen molar-refractivity contribution in [3.05, 3.63) is 82.7 Å². The van der Waals surface area contributed by atoms with Crippen LogP contribution < -0.4 is 19.7 Å². The van der Waals surface area contributed by atoms with E-state index in [0.717, 1.165) is 23.2 Å².